The molecule has 0 atom stereocenters. The summed E-state index contributed by atoms with van der Waals surface area (Å²) in [6.45, 7) is 4.43. The summed E-state index contributed by atoms with van der Waals surface area (Å²) < 4.78 is 45.4. The van der Waals surface area contributed by atoms with Crippen molar-refractivity contribution in [3.63, 3.8) is 0 Å². The number of ether oxygens (including phenoxy) is 1. The van der Waals surface area contributed by atoms with Crippen LogP contribution in [0.25, 0.3) is 0 Å². The Morgan fingerprint density at radius 1 is 1.30 bits per heavy atom. The van der Waals surface area contributed by atoms with Gasteiger partial charge in [-0.25, -0.2) is 12.8 Å². The minimum Gasteiger partial charge on any atom is -0.379 e. The fourth-order valence-electron chi connectivity index (χ4n) is 2.15. The highest BCUT2D eigenvalue weighted by molar-refractivity contribution is 7.89. The molecule has 1 aliphatic rings. The number of anilines is 1. The van der Waals surface area contributed by atoms with E-state index in [4.69, 9.17) is 4.74 Å². The van der Waals surface area contributed by atoms with E-state index >= 15 is 0 Å². The Hall–Kier alpha value is -1.77. The lowest BCUT2D eigenvalue weighted by Gasteiger charge is -2.26. The van der Waals surface area contributed by atoms with Crippen LogP contribution in [-0.4, -0.2) is 44.9 Å². The number of halogens is 1. The fraction of sp³-hybridized carbons (Fsp3) is 0.400. The number of rotatable bonds is 4. The van der Waals surface area contributed by atoms with E-state index in [1.165, 1.54) is 16.4 Å². The Balaban J connectivity index is 2.30. The molecule has 0 radical (unpaired) electrons. The number of nitrogens with zero attached hydrogens (tertiary/aromatic N) is 1. The molecule has 1 fully saturated rings. The van der Waals surface area contributed by atoms with Crippen molar-refractivity contribution >= 4 is 21.6 Å². The smallest absolute Gasteiger partial charge is 0.248 e. The van der Waals surface area contributed by atoms with Gasteiger partial charge in [-0.2, -0.15) is 4.31 Å². The molecule has 0 aliphatic carbocycles. The molecule has 2 rings (SSSR count). The first kappa shape index (κ1) is 17.6. The van der Waals surface area contributed by atoms with Crippen molar-refractivity contribution < 1.29 is 22.3 Å². The largest absolute Gasteiger partial charge is 0.379 e. The number of benzene rings is 1. The number of hydrogen-bond donors (Lipinski definition) is 1. The van der Waals surface area contributed by atoms with Crippen LogP contribution in [-0.2, 0) is 19.6 Å². The zero-order valence-corrected chi connectivity index (χ0v) is 13.8. The van der Waals surface area contributed by atoms with Gasteiger partial charge in [0.05, 0.1) is 13.2 Å². The average molecular weight is 342 g/mol. The second-order valence-corrected chi connectivity index (χ2v) is 7.28. The van der Waals surface area contributed by atoms with Crippen molar-refractivity contribution in [3.8, 4) is 0 Å². The summed E-state index contributed by atoms with van der Waals surface area (Å²) in [7, 11) is -3.96. The van der Waals surface area contributed by atoms with Crippen LogP contribution in [0.15, 0.2) is 34.7 Å². The van der Waals surface area contributed by atoms with Gasteiger partial charge >= 0.3 is 0 Å². The second-order valence-electron chi connectivity index (χ2n) is 5.37. The highest BCUT2D eigenvalue weighted by Crippen LogP contribution is 2.24. The third-order valence-electron chi connectivity index (χ3n) is 3.21. The predicted octanol–water partition coefficient (Wildman–Crippen LogP) is 1.75. The molecule has 0 bridgehead atoms. The molecule has 126 valence electrons. The van der Waals surface area contributed by atoms with Gasteiger partial charge in [0.1, 0.15) is 10.7 Å². The van der Waals surface area contributed by atoms with Gasteiger partial charge in [-0.1, -0.05) is 5.57 Å². The van der Waals surface area contributed by atoms with E-state index in [0.29, 0.717) is 0 Å². The van der Waals surface area contributed by atoms with Gasteiger partial charge in [0.25, 0.3) is 0 Å². The molecule has 0 saturated carbocycles. The van der Waals surface area contributed by atoms with Crippen molar-refractivity contribution in [1.82, 2.24) is 4.31 Å². The van der Waals surface area contributed by atoms with E-state index < -0.39 is 26.6 Å². The monoisotopic (exact) mass is 342 g/mol. The van der Waals surface area contributed by atoms with Crippen LogP contribution in [0, 0.1) is 5.82 Å². The Morgan fingerprint density at radius 3 is 2.57 bits per heavy atom. The fourth-order valence-corrected chi connectivity index (χ4v) is 3.64. The van der Waals surface area contributed by atoms with Gasteiger partial charge in [0.15, 0.2) is 0 Å². The molecular weight excluding hydrogens is 323 g/mol. The Morgan fingerprint density at radius 2 is 1.96 bits per heavy atom. The lowest BCUT2D eigenvalue weighted by atomic mass is 10.3. The number of nitrogens with one attached hydrogen (secondary N) is 1. The van der Waals surface area contributed by atoms with E-state index in [1.54, 1.807) is 13.8 Å². The van der Waals surface area contributed by atoms with Crippen LogP contribution < -0.4 is 5.32 Å². The molecular formula is C15H19FN2O4S. The van der Waals surface area contributed by atoms with Crippen molar-refractivity contribution in [2.45, 2.75) is 18.7 Å². The normalized spacial score (nSPS) is 16.0. The summed E-state index contributed by atoms with van der Waals surface area (Å²) in [5, 5.41) is 2.53. The molecule has 1 amide bonds. The Labute approximate surface area is 135 Å². The Kier molecular flexibility index (Phi) is 5.51. The van der Waals surface area contributed by atoms with E-state index in [2.05, 4.69) is 5.32 Å². The molecule has 6 nitrogen and oxygen atoms in total. The number of allylic oxidation sites excluding steroid dienone is 1. The van der Waals surface area contributed by atoms with Crippen LogP contribution >= 0.6 is 0 Å². The summed E-state index contributed by atoms with van der Waals surface area (Å²) in [6.07, 6.45) is 1.37. The summed E-state index contributed by atoms with van der Waals surface area (Å²) in [6, 6.07) is 3.49. The maximum atomic E-state index is 14.0. The molecule has 1 N–H and O–H groups in total. The van der Waals surface area contributed by atoms with Gasteiger partial charge in [-0.05, 0) is 32.0 Å². The minimum absolute atomic E-state index is 0.177. The van der Waals surface area contributed by atoms with Crippen LogP contribution in [0.2, 0.25) is 0 Å². The SMILES string of the molecule is CC(C)=CC(=O)Nc1ccc(F)c(S(=O)(=O)N2CCOCC2)c1. The van der Waals surface area contributed by atoms with Gasteiger partial charge < -0.3 is 10.1 Å². The lowest BCUT2D eigenvalue weighted by Crippen LogP contribution is -2.40. The molecule has 1 aromatic carbocycles. The maximum absolute atomic E-state index is 14.0. The highest BCUT2D eigenvalue weighted by Gasteiger charge is 2.29. The number of sulfonamides is 1. The second kappa shape index (κ2) is 7.20. The van der Waals surface area contributed by atoms with Gasteiger partial charge in [0.2, 0.25) is 15.9 Å². The summed E-state index contributed by atoms with van der Waals surface area (Å²) in [4.78, 5) is 11.3. The van der Waals surface area contributed by atoms with E-state index in [-0.39, 0.29) is 32.0 Å². The van der Waals surface area contributed by atoms with Gasteiger partial charge in [0, 0.05) is 24.9 Å². The number of carbonyl (C=O) groups excluding carboxylic acids is 1. The Bertz CT molecular complexity index is 721. The zero-order chi connectivity index (χ0) is 17.0. The molecule has 0 spiro atoms. The molecule has 1 heterocycles. The standard InChI is InChI=1S/C15H19FN2O4S/c1-11(2)9-15(19)17-12-3-4-13(16)14(10-12)23(20,21)18-5-7-22-8-6-18/h3-4,9-10H,5-8H2,1-2H3,(H,17,19). The summed E-state index contributed by atoms with van der Waals surface area (Å²) >= 11 is 0. The van der Waals surface area contributed by atoms with E-state index in [9.17, 15) is 17.6 Å². The van der Waals surface area contributed by atoms with Crippen molar-refractivity contribution in [3.05, 3.63) is 35.7 Å². The third-order valence-corrected chi connectivity index (χ3v) is 5.12. The van der Waals surface area contributed by atoms with Crippen LogP contribution in [0.3, 0.4) is 0 Å². The number of amides is 1. The van der Waals surface area contributed by atoms with Gasteiger partial charge in [-0.3, -0.25) is 4.79 Å². The minimum atomic E-state index is -3.96. The van der Waals surface area contributed by atoms with Gasteiger partial charge in [-0.15, -0.1) is 0 Å². The molecule has 0 unspecified atom stereocenters. The number of morpholine rings is 1. The summed E-state index contributed by atoms with van der Waals surface area (Å²) in [5.74, 6) is -1.25. The lowest BCUT2D eigenvalue weighted by molar-refractivity contribution is -0.111. The topological polar surface area (TPSA) is 75.7 Å². The quantitative estimate of drug-likeness (QED) is 0.846. The molecule has 8 heteroatoms. The third kappa shape index (κ3) is 4.37. The first-order valence-electron chi connectivity index (χ1n) is 7.14. The molecule has 1 aliphatic heterocycles. The van der Waals surface area contributed by atoms with Crippen LogP contribution in [0.4, 0.5) is 10.1 Å². The maximum Gasteiger partial charge on any atom is 0.248 e. The first-order valence-corrected chi connectivity index (χ1v) is 8.58. The molecule has 1 saturated heterocycles. The van der Waals surface area contributed by atoms with E-state index in [0.717, 1.165) is 17.7 Å². The van der Waals surface area contributed by atoms with E-state index in [1.807, 2.05) is 0 Å². The van der Waals surface area contributed by atoms with Crippen LogP contribution in [0.5, 0.6) is 0 Å². The zero-order valence-electron chi connectivity index (χ0n) is 13.0. The van der Waals surface area contributed by atoms with Crippen molar-refractivity contribution in [2.24, 2.45) is 0 Å². The summed E-state index contributed by atoms with van der Waals surface area (Å²) in [5.41, 5.74) is 1.02. The first-order chi connectivity index (χ1) is 10.8. The number of carbonyl (C=O) groups is 1. The molecule has 23 heavy (non-hydrogen) atoms. The molecule has 1 aromatic rings. The predicted molar refractivity (Wildman–Crippen MR) is 84.0 cm³/mol. The van der Waals surface area contributed by atoms with Crippen molar-refractivity contribution in [2.75, 3.05) is 31.6 Å². The van der Waals surface area contributed by atoms with Crippen molar-refractivity contribution in [1.29, 1.82) is 0 Å². The molecule has 0 aromatic heterocycles. The average Bonchev–Trinajstić information content (AvgIpc) is 2.49. The van der Waals surface area contributed by atoms with Crippen LogP contribution in [0.1, 0.15) is 13.8 Å². The highest BCUT2D eigenvalue weighted by atomic mass is 32.2. The number of hydrogen-bond acceptors (Lipinski definition) is 4.